The molecule has 1 amide bonds. The first-order valence-electron chi connectivity index (χ1n) is 7.84. The zero-order valence-electron chi connectivity index (χ0n) is 13.8. The van der Waals surface area contributed by atoms with Crippen molar-refractivity contribution in [1.82, 2.24) is 0 Å². The highest BCUT2D eigenvalue weighted by Crippen LogP contribution is 2.25. The summed E-state index contributed by atoms with van der Waals surface area (Å²) in [5, 5.41) is 9.03. The first kappa shape index (κ1) is 16.8. The van der Waals surface area contributed by atoms with E-state index >= 15 is 0 Å². The van der Waals surface area contributed by atoms with Gasteiger partial charge in [0.1, 0.15) is 0 Å². The highest BCUT2D eigenvalue weighted by atomic mass is 16.1. The van der Waals surface area contributed by atoms with Crippen molar-refractivity contribution in [3.8, 4) is 6.07 Å². The first-order valence-corrected chi connectivity index (χ1v) is 7.84. The van der Waals surface area contributed by atoms with Crippen LogP contribution in [0.15, 0.2) is 42.5 Å². The quantitative estimate of drug-likeness (QED) is 0.902. The molecule has 1 atom stereocenters. The van der Waals surface area contributed by atoms with Gasteiger partial charge < -0.3 is 5.73 Å². The van der Waals surface area contributed by atoms with Crippen LogP contribution in [0.3, 0.4) is 0 Å². The Kier molecular flexibility index (Phi) is 5.18. The molecule has 0 aliphatic carbocycles. The Balaban J connectivity index is 2.31. The summed E-state index contributed by atoms with van der Waals surface area (Å²) in [6, 6.07) is 15.7. The highest BCUT2D eigenvalue weighted by Gasteiger charge is 2.12. The normalized spacial score (nSPS) is 12.0. The molecule has 0 saturated heterocycles. The van der Waals surface area contributed by atoms with Gasteiger partial charge in [-0.15, -0.1) is 0 Å². The second-order valence-corrected chi connectivity index (χ2v) is 6.32. The van der Waals surface area contributed by atoms with Crippen molar-refractivity contribution in [2.24, 2.45) is 5.73 Å². The Labute approximate surface area is 137 Å². The lowest BCUT2D eigenvalue weighted by molar-refractivity contribution is 0.1000. The van der Waals surface area contributed by atoms with Gasteiger partial charge in [-0.1, -0.05) is 39.0 Å². The molecule has 0 radical (unpaired) electrons. The Morgan fingerprint density at radius 3 is 2.48 bits per heavy atom. The number of carbonyl (C=O) groups is 1. The fourth-order valence-electron chi connectivity index (χ4n) is 2.70. The van der Waals surface area contributed by atoms with E-state index in [1.54, 1.807) is 6.07 Å². The van der Waals surface area contributed by atoms with E-state index in [1.807, 2.05) is 30.3 Å². The summed E-state index contributed by atoms with van der Waals surface area (Å²) < 4.78 is 0. The van der Waals surface area contributed by atoms with Crippen LogP contribution in [0.25, 0.3) is 0 Å². The molecule has 2 N–H and O–H groups in total. The maximum absolute atomic E-state index is 11.6. The van der Waals surface area contributed by atoms with Crippen LogP contribution in [0.1, 0.15) is 65.2 Å². The Morgan fingerprint density at radius 1 is 1.13 bits per heavy atom. The average molecular weight is 306 g/mol. The molecule has 0 aliphatic heterocycles. The predicted molar refractivity (Wildman–Crippen MR) is 92.3 cm³/mol. The molecule has 2 rings (SSSR count). The van der Waals surface area contributed by atoms with E-state index in [1.165, 1.54) is 0 Å². The standard InChI is InChI=1S/C20H22N2O/c1-13(2)18-9-16(10-19(11-18)20(22)23)7-14(3)17-6-4-5-15(8-17)12-21/h4-6,8-11,13-14H,7H2,1-3H3,(H2,22,23). The van der Waals surface area contributed by atoms with Gasteiger partial charge >= 0.3 is 0 Å². The van der Waals surface area contributed by atoms with Gasteiger partial charge in [-0.2, -0.15) is 5.26 Å². The largest absolute Gasteiger partial charge is 0.366 e. The fourth-order valence-corrected chi connectivity index (χ4v) is 2.70. The number of nitrogens with two attached hydrogens (primary N) is 1. The molecule has 0 bridgehead atoms. The monoisotopic (exact) mass is 306 g/mol. The smallest absolute Gasteiger partial charge is 0.248 e. The van der Waals surface area contributed by atoms with E-state index in [0.29, 0.717) is 17.0 Å². The number of carbonyl (C=O) groups excluding carboxylic acids is 1. The summed E-state index contributed by atoms with van der Waals surface area (Å²) in [4.78, 5) is 11.6. The summed E-state index contributed by atoms with van der Waals surface area (Å²) >= 11 is 0. The van der Waals surface area contributed by atoms with Crippen molar-refractivity contribution in [2.75, 3.05) is 0 Å². The molecular formula is C20H22N2O. The number of nitriles is 1. The van der Waals surface area contributed by atoms with Crippen LogP contribution in [0, 0.1) is 11.3 Å². The number of nitrogens with zero attached hydrogens (tertiary/aromatic N) is 1. The zero-order chi connectivity index (χ0) is 17.0. The third kappa shape index (κ3) is 4.20. The van der Waals surface area contributed by atoms with Crippen LogP contribution in [-0.4, -0.2) is 5.91 Å². The molecule has 0 aliphatic rings. The van der Waals surface area contributed by atoms with Crippen molar-refractivity contribution >= 4 is 5.91 Å². The third-order valence-electron chi connectivity index (χ3n) is 4.09. The third-order valence-corrected chi connectivity index (χ3v) is 4.09. The van der Waals surface area contributed by atoms with Crippen LogP contribution in [0.4, 0.5) is 0 Å². The molecule has 2 aromatic rings. The Morgan fingerprint density at radius 2 is 1.87 bits per heavy atom. The van der Waals surface area contributed by atoms with Crippen LogP contribution in [0.5, 0.6) is 0 Å². The Hall–Kier alpha value is -2.60. The van der Waals surface area contributed by atoms with E-state index in [4.69, 9.17) is 11.0 Å². The van der Waals surface area contributed by atoms with Crippen LogP contribution >= 0.6 is 0 Å². The zero-order valence-corrected chi connectivity index (χ0v) is 13.8. The number of amides is 1. The van der Waals surface area contributed by atoms with Crippen molar-refractivity contribution < 1.29 is 4.79 Å². The molecule has 1 unspecified atom stereocenters. The minimum Gasteiger partial charge on any atom is -0.366 e. The summed E-state index contributed by atoms with van der Waals surface area (Å²) in [7, 11) is 0. The van der Waals surface area contributed by atoms with E-state index < -0.39 is 5.91 Å². The Bertz CT molecular complexity index is 756. The number of rotatable bonds is 5. The molecule has 118 valence electrons. The minimum atomic E-state index is -0.395. The molecule has 0 spiro atoms. The summed E-state index contributed by atoms with van der Waals surface area (Å²) in [5.41, 5.74) is 10.0. The summed E-state index contributed by atoms with van der Waals surface area (Å²) in [6.45, 7) is 6.33. The maximum atomic E-state index is 11.6. The van der Waals surface area contributed by atoms with E-state index in [0.717, 1.165) is 23.1 Å². The number of hydrogen-bond donors (Lipinski definition) is 1. The number of primary amides is 1. The average Bonchev–Trinajstić information content (AvgIpc) is 2.54. The molecular weight excluding hydrogens is 284 g/mol. The highest BCUT2D eigenvalue weighted by molar-refractivity contribution is 5.93. The number of hydrogen-bond acceptors (Lipinski definition) is 2. The second kappa shape index (κ2) is 7.11. The van der Waals surface area contributed by atoms with Crippen LogP contribution in [0.2, 0.25) is 0 Å². The van der Waals surface area contributed by atoms with Crippen LogP contribution < -0.4 is 5.73 Å². The number of benzene rings is 2. The molecule has 3 heteroatoms. The van der Waals surface area contributed by atoms with Crippen molar-refractivity contribution in [3.05, 3.63) is 70.3 Å². The van der Waals surface area contributed by atoms with E-state index in [-0.39, 0.29) is 5.92 Å². The van der Waals surface area contributed by atoms with Gasteiger partial charge in [0, 0.05) is 5.56 Å². The van der Waals surface area contributed by atoms with Crippen molar-refractivity contribution in [2.45, 2.75) is 39.0 Å². The summed E-state index contributed by atoms with van der Waals surface area (Å²) in [6.07, 6.45) is 0.801. The van der Waals surface area contributed by atoms with Gasteiger partial charge in [0.05, 0.1) is 11.6 Å². The van der Waals surface area contributed by atoms with Crippen molar-refractivity contribution in [1.29, 1.82) is 5.26 Å². The minimum absolute atomic E-state index is 0.256. The first-order chi connectivity index (χ1) is 10.9. The fraction of sp³-hybridized carbons (Fsp3) is 0.300. The molecule has 23 heavy (non-hydrogen) atoms. The summed E-state index contributed by atoms with van der Waals surface area (Å²) in [5.74, 6) is 0.199. The lowest BCUT2D eigenvalue weighted by Gasteiger charge is -2.15. The molecule has 0 saturated carbocycles. The predicted octanol–water partition coefficient (Wildman–Crippen LogP) is 4.13. The van der Waals surface area contributed by atoms with Gasteiger partial charge in [0.25, 0.3) is 0 Å². The van der Waals surface area contributed by atoms with Gasteiger partial charge in [-0.3, -0.25) is 4.79 Å². The van der Waals surface area contributed by atoms with E-state index in [9.17, 15) is 4.79 Å². The van der Waals surface area contributed by atoms with Gasteiger partial charge in [0.2, 0.25) is 5.91 Å². The van der Waals surface area contributed by atoms with Gasteiger partial charge in [0.15, 0.2) is 0 Å². The van der Waals surface area contributed by atoms with E-state index in [2.05, 4.69) is 32.9 Å². The molecule has 0 aromatic heterocycles. The SMILES string of the molecule is CC(C)c1cc(CC(C)c2cccc(C#N)c2)cc(C(N)=O)c1. The molecule has 0 fully saturated rings. The van der Waals surface area contributed by atoms with Gasteiger partial charge in [-0.05, 0) is 59.2 Å². The maximum Gasteiger partial charge on any atom is 0.248 e. The molecule has 0 heterocycles. The lowest BCUT2D eigenvalue weighted by atomic mass is 9.89. The second-order valence-electron chi connectivity index (χ2n) is 6.32. The van der Waals surface area contributed by atoms with Gasteiger partial charge in [-0.25, -0.2) is 0 Å². The molecule has 2 aromatic carbocycles. The lowest BCUT2D eigenvalue weighted by Crippen LogP contribution is -2.12. The van der Waals surface area contributed by atoms with Crippen molar-refractivity contribution in [3.63, 3.8) is 0 Å². The van der Waals surface area contributed by atoms with Crippen LogP contribution in [-0.2, 0) is 6.42 Å². The molecule has 3 nitrogen and oxygen atoms in total. The topological polar surface area (TPSA) is 66.9 Å².